The van der Waals surface area contributed by atoms with Gasteiger partial charge in [0.25, 0.3) is 0 Å². The van der Waals surface area contributed by atoms with Crippen LogP contribution in [-0.2, 0) is 0 Å². The van der Waals surface area contributed by atoms with E-state index in [1.165, 1.54) is 0 Å². The SMILES string of the molecule is CCN1CCN(c2cnc3nc(Cl)nc(Cl)c3c2)CC1. The first-order valence-electron chi connectivity index (χ1n) is 6.63. The van der Waals surface area contributed by atoms with Gasteiger partial charge in [0, 0.05) is 26.2 Å². The Morgan fingerprint density at radius 2 is 1.90 bits per heavy atom. The molecule has 1 aliphatic heterocycles. The number of piperazine rings is 1. The third-order valence-electron chi connectivity index (χ3n) is 3.65. The molecule has 1 fully saturated rings. The maximum Gasteiger partial charge on any atom is 0.225 e. The topological polar surface area (TPSA) is 45.2 Å². The summed E-state index contributed by atoms with van der Waals surface area (Å²) < 4.78 is 0. The highest BCUT2D eigenvalue weighted by atomic mass is 35.5. The van der Waals surface area contributed by atoms with Crippen LogP contribution in [0.25, 0.3) is 11.0 Å². The van der Waals surface area contributed by atoms with Gasteiger partial charge in [-0.1, -0.05) is 18.5 Å². The van der Waals surface area contributed by atoms with Crippen LogP contribution in [0.15, 0.2) is 12.3 Å². The predicted molar refractivity (Wildman–Crippen MR) is 81.7 cm³/mol. The predicted octanol–water partition coefficient (Wildman–Crippen LogP) is 2.47. The summed E-state index contributed by atoms with van der Waals surface area (Å²) in [7, 11) is 0. The van der Waals surface area contributed by atoms with Gasteiger partial charge in [-0.15, -0.1) is 0 Å². The average Bonchev–Trinajstić information content (AvgIpc) is 2.47. The number of aromatic nitrogens is 3. The number of rotatable bonds is 2. The molecule has 2 aromatic rings. The van der Waals surface area contributed by atoms with E-state index in [1.807, 2.05) is 12.3 Å². The second kappa shape index (κ2) is 5.68. The van der Waals surface area contributed by atoms with Gasteiger partial charge in [-0.3, -0.25) is 0 Å². The molecule has 0 aliphatic carbocycles. The van der Waals surface area contributed by atoms with Crippen molar-refractivity contribution in [2.24, 2.45) is 0 Å². The molecule has 2 aromatic heterocycles. The van der Waals surface area contributed by atoms with Gasteiger partial charge < -0.3 is 9.80 Å². The lowest BCUT2D eigenvalue weighted by atomic mass is 10.2. The summed E-state index contributed by atoms with van der Waals surface area (Å²) in [5, 5.41) is 1.22. The van der Waals surface area contributed by atoms with E-state index in [0.29, 0.717) is 10.8 Å². The molecule has 0 N–H and O–H groups in total. The maximum atomic E-state index is 6.12. The number of likely N-dealkylation sites (N-methyl/N-ethyl adjacent to an activating group) is 1. The summed E-state index contributed by atoms with van der Waals surface area (Å²) in [6.45, 7) is 7.41. The molecule has 20 heavy (non-hydrogen) atoms. The molecule has 3 heterocycles. The second-order valence-electron chi connectivity index (χ2n) is 4.77. The van der Waals surface area contributed by atoms with Crippen LogP contribution < -0.4 is 4.90 Å². The van der Waals surface area contributed by atoms with Gasteiger partial charge in [0.15, 0.2) is 5.65 Å². The number of hydrogen-bond acceptors (Lipinski definition) is 5. The molecule has 0 unspecified atom stereocenters. The molecule has 7 heteroatoms. The van der Waals surface area contributed by atoms with Crippen LogP contribution in [0, 0.1) is 0 Å². The van der Waals surface area contributed by atoms with E-state index in [0.717, 1.165) is 43.8 Å². The summed E-state index contributed by atoms with van der Waals surface area (Å²) in [4.78, 5) is 17.1. The highest BCUT2D eigenvalue weighted by Crippen LogP contribution is 2.25. The zero-order chi connectivity index (χ0) is 14.1. The van der Waals surface area contributed by atoms with E-state index < -0.39 is 0 Å². The van der Waals surface area contributed by atoms with E-state index in [2.05, 4.69) is 31.7 Å². The maximum absolute atomic E-state index is 6.12. The monoisotopic (exact) mass is 311 g/mol. The first-order valence-corrected chi connectivity index (χ1v) is 7.39. The Hall–Kier alpha value is -1.17. The summed E-state index contributed by atoms with van der Waals surface area (Å²) in [6, 6.07) is 1.99. The molecule has 1 saturated heterocycles. The minimum Gasteiger partial charge on any atom is -0.368 e. The third-order valence-corrected chi connectivity index (χ3v) is 4.10. The second-order valence-corrected chi connectivity index (χ2v) is 5.47. The molecule has 106 valence electrons. The van der Waals surface area contributed by atoms with Crippen molar-refractivity contribution in [1.29, 1.82) is 0 Å². The molecule has 0 spiro atoms. The molecule has 0 aromatic carbocycles. The van der Waals surface area contributed by atoms with E-state index in [-0.39, 0.29) is 5.28 Å². The van der Waals surface area contributed by atoms with Crippen LogP contribution in [0.1, 0.15) is 6.92 Å². The van der Waals surface area contributed by atoms with Crippen LogP contribution in [-0.4, -0.2) is 52.6 Å². The first-order chi connectivity index (χ1) is 9.67. The number of pyridine rings is 1. The molecule has 5 nitrogen and oxygen atoms in total. The minimum absolute atomic E-state index is 0.124. The van der Waals surface area contributed by atoms with Gasteiger partial charge in [-0.05, 0) is 24.2 Å². The standard InChI is InChI=1S/C13H15Cl2N5/c1-2-19-3-5-20(6-4-19)9-7-10-11(14)17-13(15)18-12(10)16-8-9/h7-8H,2-6H2,1H3. The zero-order valence-electron chi connectivity index (χ0n) is 11.2. The van der Waals surface area contributed by atoms with Crippen molar-refractivity contribution in [3.8, 4) is 0 Å². The number of anilines is 1. The number of halogens is 2. The lowest BCUT2D eigenvalue weighted by molar-refractivity contribution is 0.271. The van der Waals surface area contributed by atoms with Crippen molar-refractivity contribution in [3.63, 3.8) is 0 Å². The van der Waals surface area contributed by atoms with E-state index in [4.69, 9.17) is 23.2 Å². The Labute approximate surface area is 127 Å². The quantitative estimate of drug-likeness (QED) is 0.630. The van der Waals surface area contributed by atoms with Crippen LogP contribution in [0.4, 0.5) is 5.69 Å². The smallest absolute Gasteiger partial charge is 0.225 e. The van der Waals surface area contributed by atoms with Gasteiger partial charge in [0.1, 0.15) is 5.15 Å². The van der Waals surface area contributed by atoms with E-state index >= 15 is 0 Å². The van der Waals surface area contributed by atoms with Gasteiger partial charge >= 0.3 is 0 Å². The van der Waals surface area contributed by atoms with Gasteiger partial charge in [0.2, 0.25) is 5.28 Å². The lowest BCUT2D eigenvalue weighted by Gasteiger charge is -2.35. The van der Waals surface area contributed by atoms with E-state index in [1.54, 1.807) is 0 Å². The highest BCUT2D eigenvalue weighted by Gasteiger charge is 2.17. The van der Waals surface area contributed by atoms with Gasteiger partial charge in [-0.25, -0.2) is 9.97 Å². The Balaban J connectivity index is 1.90. The third kappa shape index (κ3) is 2.66. The highest BCUT2D eigenvalue weighted by molar-refractivity contribution is 6.35. The molecule has 0 bridgehead atoms. The van der Waals surface area contributed by atoms with Crippen LogP contribution in [0.3, 0.4) is 0 Å². The van der Waals surface area contributed by atoms with Crippen molar-refractivity contribution in [2.75, 3.05) is 37.6 Å². The van der Waals surface area contributed by atoms with Crippen molar-refractivity contribution in [2.45, 2.75) is 6.92 Å². The first kappa shape index (κ1) is 13.8. The van der Waals surface area contributed by atoms with Crippen molar-refractivity contribution in [3.05, 3.63) is 22.7 Å². The van der Waals surface area contributed by atoms with Crippen molar-refractivity contribution < 1.29 is 0 Å². The molecule has 0 saturated carbocycles. The summed E-state index contributed by atoms with van der Waals surface area (Å²) in [6.07, 6.45) is 1.82. The fourth-order valence-corrected chi connectivity index (χ4v) is 2.86. The Morgan fingerprint density at radius 3 is 2.60 bits per heavy atom. The van der Waals surface area contributed by atoms with Gasteiger partial charge in [-0.2, -0.15) is 4.98 Å². The van der Waals surface area contributed by atoms with Crippen LogP contribution in [0.2, 0.25) is 10.4 Å². The van der Waals surface area contributed by atoms with Crippen molar-refractivity contribution in [1.82, 2.24) is 19.9 Å². The van der Waals surface area contributed by atoms with Crippen LogP contribution in [0.5, 0.6) is 0 Å². The van der Waals surface area contributed by atoms with Crippen molar-refractivity contribution >= 4 is 39.9 Å². The zero-order valence-corrected chi connectivity index (χ0v) is 12.7. The fourth-order valence-electron chi connectivity index (χ4n) is 2.44. The normalized spacial score (nSPS) is 16.9. The molecule has 0 atom stereocenters. The summed E-state index contributed by atoms with van der Waals surface area (Å²) >= 11 is 11.9. The molecule has 1 aliphatic rings. The molecule has 0 radical (unpaired) electrons. The fraction of sp³-hybridized carbons (Fsp3) is 0.462. The average molecular weight is 312 g/mol. The molecular weight excluding hydrogens is 297 g/mol. The van der Waals surface area contributed by atoms with Crippen LogP contribution >= 0.6 is 23.2 Å². The molecule has 3 rings (SSSR count). The summed E-state index contributed by atoms with van der Waals surface area (Å²) in [5.41, 5.74) is 1.59. The molecule has 0 amide bonds. The summed E-state index contributed by atoms with van der Waals surface area (Å²) in [5.74, 6) is 0. The number of hydrogen-bond donors (Lipinski definition) is 0. The Morgan fingerprint density at radius 1 is 1.15 bits per heavy atom. The minimum atomic E-state index is 0.124. The number of fused-ring (bicyclic) bond motifs is 1. The van der Waals surface area contributed by atoms with Gasteiger partial charge in [0.05, 0.1) is 17.3 Å². The largest absolute Gasteiger partial charge is 0.368 e. The lowest BCUT2D eigenvalue weighted by Crippen LogP contribution is -2.46. The Kier molecular flexibility index (Phi) is 3.92. The van der Waals surface area contributed by atoms with E-state index in [9.17, 15) is 0 Å². The molecular formula is C13H15Cl2N5. The number of nitrogens with zero attached hydrogens (tertiary/aromatic N) is 5. The Bertz CT molecular complexity index is 625.